The number of nitrogens with one attached hydrogen (secondary N) is 1. The fraction of sp³-hybridized carbons (Fsp3) is 0.150. The molecule has 3 rings (SSSR count). The molecule has 0 spiro atoms. The van der Waals surface area contributed by atoms with Crippen LogP contribution in [0.5, 0.6) is 0 Å². The first kappa shape index (κ1) is 22.4. The minimum Gasteiger partial charge on any atom is -0.271 e. The number of hydrogen-bond donors (Lipinski definition) is 1. The standard InChI is InChI=1S/C20H19ClFN5O3S/c1-14-18(20(21)25-27(14)17-6-4-3-5-7-17)12-23-24-19(28)13-26(31(2,29)30)16-10-8-15(22)9-11-16/h3-12H,13H2,1-2H3,(H,24,28)/b23-12-. The minimum absolute atomic E-state index is 0.158. The largest absolute Gasteiger partial charge is 0.271 e. The molecule has 0 atom stereocenters. The first-order chi connectivity index (χ1) is 14.7. The summed E-state index contributed by atoms with van der Waals surface area (Å²) in [5.41, 5.74) is 4.46. The van der Waals surface area contributed by atoms with E-state index in [1.165, 1.54) is 18.3 Å². The number of hydrazone groups is 1. The number of anilines is 1. The Hall–Kier alpha value is -3.24. The predicted molar refractivity (Wildman–Crippen MR) is 118 cm³/mol. The molecule has 0 radical (unpaired) electrons. The summed E-state index contributed by atoms with van der Waals surface area (Å²) >= 11 is 6.20. The lowest BCUT2D eigenvalue weighted by atomic mass is 10.2. The van der Waals surface area contributed by atoms with Gasteiger partial charge in [-0.1, -0.05) is 29.8 Å². The fourth-order valence-electron chi connectivity index (χ4n) is 2.79. The highest BCUT2D eigenvalue weighted by atomic mass is 35.5. The third kappa shape index (κ3) is 5.47. The van der Waals surface area contributed by atoms with E-state index < -0.39 is 28.3 Å². The van der Waals surface area contributed by atoms with E-state index in [9.17, 15) is 17.6 Å². The number of hydrogen-bond acceptors (Lipinski definition) is 5. The molecule has 0 aliphatic carbocycles. The van der Waals surface area contributed by atoms with Gasteiger partial charge in [-0.05, 0) is 43.3 Å². The van der Waals surface area contributed by atoms with Crippen molar-refractivity contribution < 1.29 is 17.6 Å². The Morgan fingerprint density at radius 1 is 1.23 bits per heavy atom. The van der Waals surface area contributed by atoms with Crippen LogP contribution in [0.3, 0.4) is 0 Å². The van der Waals surface area contributed by atoms with E-state index >= 15 is 0 Å². The van der Waals surface area contributed by atoms with Gasteiger partial charge in [0, 0.05) is 0 Å². The van der Waals surface area contributed by atoms with Crippen molar-refractivity contribution in [2.75, 3.05) is 17.1 Å². The summed E-state index contributed by atoms with van der Waals surface area (Å²) < 4.78 is 39.7. The Balaban J connectivity index is 1.73. The molecule has 1 heterocycles. The maximum atomic E-state index is 13.1. The Kier molecular flexibility index (Phi) is 6.71. The van der Waals surface area contributed by atoms with Crippen molar-refractivity contribution in [2.24, 2.45) is 5.10 Å². The van der Waals surface area contributed by atoms with E-state index in [4.69, 9.17) is 11.6 Å². The minimum atomic E-state index is -3.78. The topological polar surface area (TPSA) is 96.7 Å². The summed E-state index contributed by atoms with van der Waals surface area (Å²) in [6, 6.07) is 14.1. The second-order valence-corrected chi connectivity index (χ2v) is 8.84. The van der Waals surface area contributed by atoms with Crippen molar-refractivity contribution in [2.45, 2.75) is 6.92 Å². The van der Waals surface area contributed by atoms with Crippen LogP contribution in [-0.2, 0) is 14.8 Å². The summed E-state index contributed by atoms with van der Waals surface area (Å²) in [5, 5.41) is 8.33. The third-order valence-corrected chi connectivity index (χ3v) is 5.72. The molecule has 162 valence electrons. The van der Waals surface area contributed by atoms with Crippen LogP contribution in [-0.4, -0.2) is 43.1 Å². The molecular weight excluding hydrogens is 445 g/mol. The van der Waals surface area contributed by atoms with Gasteiger partial charge in [-0.2, -0.15) is 10.2 Å². The number of nitrogens with zero attached hydrogens (tertiary/aromatic N) is 4. The monoisotopic (exact) mass is 463 g/mol. The maximum Gasteiger partial charge on any atom is 0.260 e. The number of sulfonamides is 1. The van der Waals surface area contributed by atoms with Crippen LogP contribution in [0.1, 0.15) is 11.3 Å². The van der Waals surface area contributed by atoms with Gasteiger partial charge in [-0.15, -0.1) is 0 Å². The molecule has 1 N–H and O–H groups in total. The molecule has 0 bridgehead atoms. The molecule has 0 aliphatic rings. The van der Waals surface area contributed by atoms with E-state index in [0.29, 0.717) is 11.3 Å². The highest BCUT2D eigenvalue weighted by Crippen LogP contribution is 2.20. The summed E-state index contributed by atoms with van der Waals surface area (Å²) in [7, 11) is -3.78. The van der Waals surface area contributed by atoms with Gasteiger partial charge in [0.15, 0.2) is 5.15 Å². The van der Waals surface area contributed by atoms with Crippen LogP contribution in [0.25, 0.3) is 5.69 Å². The van der Waals surface area contributed by atoms with Crippen LogP contribution in [0.2, 0.25) is 5.15 Å². The highest BCUT2D eigenvalue weighted by molar-refractivity contribution is 7.92. The number of halogens is 2. The zero-order valence-electron chi connectivity index (χ0n) is 16.7. The van der Waals surface area contributed by atoms with Crippen LogP contribution in [0, 0.1) is 12.7 Å². The molecule has 0 fully saturated rings. The molecule has 2 aromatic carbocycles. The molecule has 1 amide bonds. The third-order valence-electron chi connectivity index (χ3n) is 4.30. The summed E-state index contributed by atoms with van der Waals surface area (Å²) in [6.45, 7) is 1.27. The lowest BCUT2D eigenvalue weighted by Gasteiger charge is -2.21. The zero-order valence-corrected chi connectivity index (χ0v) is 18.2. The average molecular weight is 464 g/mol. The number of carbonyl (C=O) groups excluding carboxylic acids is 1. The Labute approximate surface area is 184 Å². The van der Waals surface area contributed by atoms with E-state index in [2.05, 4.69) is 15.6 Å². The molecule has 1 aromatic heterocycles. The van der Waals surface area contributed by atoms with Gasteiger partial charge in [-0.25, -0.2) is 22.9 Å². The van der Waals surface area contributed by atoms with Crippen molar-refractivity contribution in [1.29, 1.82) is 0 Å². The molecule has 11 heteroatoms. The van der Waals surface area contributed by atoms with Crippen LogP contribution >= 0.6 is 11.6 Å². The zero-order chi connectivity index (χ0) is 22.6. The highest BCUT2D eigenvalue weighted by Gasteiger charge is 2.21. The lowest BCUT2D eigenvalue weighted by Crippen LogP contribution is -2.39. The summed E-state index contributed by atoms with van der Waals surface area (Å²) in [4.78, 5) is 12.3. The van der Waals surface area contributed by atoms with Crippen LogP contribution < -0.4 is 9.73 Å². The van der Waals surface area contributed by atoms with E-state index in [-0.39, 0.29) is 10.8 Å². The first-order valence-corrected chi connectivity index (χ1v) is 11.2. The van der Waals surface area contributed by atoms with Crippen molar-refractivity contribution >= 4 is 39.4 Å². The van der Waals surface area contributed by atoms with Crippen LogP contribution in [0.15, 0.2) is 59.7 Å². The van der Waals surface area contributed by atoms with Crippen molar-refractivity contribution in [3.8, 4) is 5.69 Å². The van der Waals surface area contributed by atoms with Crippen molar-refractivity contribution in [3.05, 3.63) is 76.8 Å². The fourth-order valence-corrected chi connectivity index (χ4v) is 3.91. The number of rotatable bonds is 7. The van der Waals surface area contributed by atoms with Crippen molar-refractivity contribution in [3.63, 3.8) is 0 Å². The molecule has 0 saturated heterocycles. The van der Waals surface area contributed by atoms with Gasteiger partial charge in [0.05, 0.1) is 35.1 Å². The van der Waals surface area contributed by atoms with E-state index in [1.807, 2.05) is 30.3 Å². The lowest BCUT2D eigenvalue weighted by molar-refractivity contribution is -0.119. The molecular formula is C20H19ClFN5O3S. The second-order valence-electron chi connectivity index (χ2n) is 6.58. The predicted octanol–water partition coefficient (Wildman–Crippen LogP) is 2.89. The Morgan fingerprint density at radius 2 is 1.87 bits per heavy atom. The molecule has 3 aromatic rings. The average Bonchev–Trinajstić information content (AvgIpc) is 3.01. The Bertz CT molecular complexity index is 1210. The number of carbonyl (C=O) groups is 1. The molecule has 0 saturated carbocycles. The second kappa shape index (κ2) is 9.27. The number of para-hydroxylation sites is 1. The first-order valence-electron chi connectivity index (χ1n) is 9.02. The molecule has 0 aliphatic heterocycles. The molecule has 0 unspecified atom stereocenters. The van der Waals surface area contributed by atoms with Crippen molar-refractivity contribution in [1.82, 2.24) is 15.2 Å². The van der Waals surface area contributed by atoms with Gasteiger partial charge < -0.3 is 0 Å². The van der Waals surface area contributed by atoms with E-state index in [1.54, 1.807) is 11.6 Å². The van der Waals surface area contributed by atoms with Gasteiger partial charge in [0.2, 0.25) is 10.0 Å². The Morgan fingerprint density at radius 3 is 2.48 bits per heavy atom. The van der Waals surface area contributed by atoms with Gasteiger partial charge in [-0.3, -0.25) is 9.10 Å². The SMILES string of the molecule is Cc1c(/C=N\NC(=O)CN(c2ccc(F)cc2)S(C)(=O)=O)c(Cl)nn1-c1ccccc1. The number of amides is 1. The smallest absolute Gasteiger partial charge is 0.260 e. The maximum absolute atomic E-state index is 13.1. The quantitative estimate of drug-likeness (QED) is 0.430. The van der Waals surface area contributed by atoms with E-state index in [0.717, 1.165) is 28.4 Å². The summed E-state index contributed by atoms with van der Waals surface area (Å²) in [6.07, 6.45) is 2.29. The van der Waals surface area contributed by atoms with Gasteiger partial charge >= 0.3 is 0 Å². The number of benzene rings is 2. The normalized spacial score (nSPS) is 11.6. The van der Waals surface area contributed by atoms with Gasteiger partial charge in [0.1, 0.15) is 12.4 Å². The summed E-state index contributed by atoms with van der Waals surface area (Å²) in [5.74, 6) is -1.20. The molecule has 8 nitrogen and oxygen atoms in total. The van der Waals surface area contributed by atoms with Gasteiger partial charge in [0.25, 0.3) is 5.91 Å². The molecule has 31 heavy (non-hydrogen) atoms. The number of aromatic nitrogens is 2. The van der Waals surface area contributed by atoms with Crippen LogP contribution in [0.4, 0.5) is 10.1 Å².